The van der Waals surface area contributed by atoms with E-state index in [1.807, 2.05) is 4.90 Å². The molecule has 2 saturated heterocycles. The second-order valence-electron chi connectivity index (χ2n) is 5.16. The van der Waals surface area contributed by atoms with Gasteiger partial charge in [-0.1, -0.05) is 0 Å². The number of nitrogens with zero attached hydrogens (tertiary/aromatic N) is 2. The molecule has 2 rings (SSSR count). The summed E-state index contributed by atoms with van der Waals surface area (Å²) in [5.41, 5.74) is 0. The monoisotopic (exact) mass is 254 g/mol. The van der Waals surface area contributed by atoms with Crippen LogP contribution in [0.4, 0.5) is 0 Å². The van der Waals surface area contributed by atoms with Crippen molar-refractivity contribution in [2.45, 2.75) is 19.8 Å². The molecule has 0 radical (unpaired) electrons. The molecule has 18 heavy (non-hydrogen) atoms. The van der Waals surface area contributed by atoms with Crippen molar-refractivity contribution < 1.29 is 14.3 Å². The topological polar surface area (TPSA) is 49.9 Å². The fourth-order valence-corrected chi connectivity index (χ4v) is 2.58. The van der Waals surface area contributed by atoms with E-state index >= 15 is 0 Å². The molecule has 2 fully saturated rings. The lowest BCUT2D eigenvalue weighted by atomic mass is 10.0. The van der Waals surface area contributed by atoms with Crippen molar-refractivity contribution in [3.8, 4) is 0 Å². The van der Waals surface area contributed by atoms with Crippen LogP contribution in [0.3, 0.4) is 0 Å². The molecule has 5 heteroatoms. The van der Waals surface area contributed by atoms with Gasteiger partial charge in [0.15, 0.2) is 5.78 Å². The number of ketones is 1. The number of hydrogen-bond acceptors (Lipinski definition) is 4. The van der Waals surface area contributed by atoms with E-state index in [-0.39, 0.29) is 11.8 Å². The van der Waals surface area contributed by atoms with Crippen LogP contribution >= 0.6 is 0 Å². The molecule has 0 N–H and O–H groups in total. The summed E-state index contributed by atoms with van der Waals surface area (Å²) in [6.07, 6.45) is 1.82. The molecule has 2 aliphatic rings. The molecule has 2 heterocycles. The van der Waals surface area contributed by atoms with Crippen LogP contribution < -0.4 is 0 Å². The Morgan fingerprint density at radius 2 is 2.06 bits per heavy atom. The van der Waals surface area contributed by atoms with Gasteiger partial charge in [0.1, 0.15) is 0 Å². The summed E-state index contributed by atoms with van der Waals surface area (Å²) in [5.74, 6) is 0.522. The van der Waals surface area contributed by atoms with Crippen LogP contribution in [0.25, 0.3) is 0 Å². The standard InChI is InChI=1S/C13H22N2O3/c1-11(16)15-5-2-4-14(6-7-15)9-13(17)12-3-8-18-10-12/h12H,2-10H2,1H3. The number of Topliss-reactive ketones (excluding diaryl/α,β-unsaturated/α-hetero) is 1. The van der Waals surface area contributed by atoms with E-state index in [1.165, 1.54) is 0 Å². The van der Waals surface area contributed by atoms with Gasteiger partial charge < -0.3 is 9.64 Å². The van der Waals surface area contributed by atoms with E-state index in [9.17, 15) is 9.59 Å². The lowest BCUT2D eigenvalue weighted by Crippen LogP contribution is -2.37. The van der Waals surface area contributed by atoms with E-state index in [2.05, 4.69) is 4.90 Å². The number of carbonyl (C=O) groups is 2. The van der Waals surface area contributed by atoms with Crippen LogP contribution in [-0.4, -0.2) is 67.4 Å². The Bertz CT molecular complexity index is 313. The van der Waals surface area contributed by atoms with E-state index in [1.54, 1.807) is 6.92 Å². The highest BCUT2D eigenvalue weighted by Crippen LogP contribution is 2.14. The molecule has 0 spiro atoms. The first kappa shape index (κ1) is 13.5. The number of carbonyl (C=O) groups excluding carboxylic acids is 2. The van der Waals surface area contributed by atoms with Crippen molar-refractivity contribution in [3.63, 3.8) is 0 Å². The van der Waals surface area contributed by atoms with Crippen molar-refractivity contribution in [3.05, 3.63) is 0 Å². The predicted molar refractivity (Wildman–Crippen MR) is 67.2 cm³/mol. The van der Waals surface area contributed by atoms with Crippen molar-refractivity contribution in [1.29, 1.82) is 0 Å². The highest BCUT2D eigenvalue weighted by molar-refractivity contribution is 5.83. The van der Waals surface area contributed by atoms with Crippen molar-refractivity contribution in [1.82, 2.24) is 9.80 Å². The molecule has 1 unspecified atom stereocenters. The SMILES string of the molecule is CC(=O)N1CCCN(CC(=O)C2CCOC2)CC1. The number of rotatable bonds is 3. The molecule has 0 aliphatic carbocycles. The van der Waals surface area contributed by atoms with Crippen molar-refractivity contribution in [2.75, 3.05) is 45.9 Å². The Labute approximate surface area is 108 Å². The molecule has 102 valence electrons. The average molecular weight is 254 g/mol. The van der Waals surface area contributed by atoms with Crippen molar-refractivity contribution in [2.24, 2.45) is 5.92 Å². The van der Waals surface area contributed by atoms with E-state index in [0.717, 1.165) is 39.0 Å². The Morgan fingerprint density at radius 3 is 2.72 bits per heavy atom. The van der Waals surface area contributed by atoms with E-state index in [0.29, 0.717) is 25.5 Å². The van der Waals surface area contributed by atoms with Gasteiger partial charge in [0, 0.05) is 45.6 Å². The van der Waals surface area contributed by atoms with Gasteiger partial charge in [-0.3, -0.25) is 14.5 Å². The maximum absolute atomic E-state index is 12.0. The largest absolute Gasteiger partial charge is 0.381 e. The van der Waals surface area contributed by atoms with Crippen LogP contribution in [0.5, 0.6) is 0 Å². The van der Waals surface area contributed by atoms with E-state index < -0.39 is 0 Å². The fraction of sp³-hybridized carbons (Fsp3) is 0.846. The molecule has 5 nitrogen and oxygen atoms in total. The van der Waals surface area contributed by atoms with Gasteiger partial charge in [-0.25, -0.2) is 0 Å². The quantitative estimate of drug-likeness (QED) is 0.719. The Hall–Kier alpha value is -0.940. The van der Waals surface area contributed by atoms with Crippen LogP contribution in [0.2, 0.25) is 0 Å². The highest BCUT2D eigenvalue weighted by Gasteiger charge is 2.26. The second-order valence-corrected chi connectivity index (χ2v) is 5.16. The lowest BCUT2D eigenvalue weighted by molar-refractivity contribution is -0.128. The normalized spacial score (nSPS) is 26.1. The number of ether oxygens (including phenoxy) is 1. The third-order valence-corrected chi connectivity index (χ3v) is 3.80. The summed E-state index contributed by atoms with van der Waals surface area (Å²) in [4.78, 5) is 27.4. The minimum absolute atomic E-state index is 0.0946. The number of hydrogen-bond donors (Lipinski definition) is 0. The van der Waals surface area contributed by atoms with Crippen LogP contribution in [-0.2, 0) is 14.3 Å². The molecule has 2 aliphatic heterocycles. The minimum Gasteiger partial charge on any atom is -0.381 e. The maximum Gasteiger partial charge on any atom is 0.219 e. The van der Waals surface area contributed by atoms with Crippen LogP contribution in [0, 0.1) is 5.92 Å². The summed E-state index contributed by atoms with van der Waals surface area (Å²) in [5, 5.41) is 0. The number of amides is 1. The summed E-state index contributed by atoms with van der Waals surface area (Å²) < 4.78 is 5.25. The first-order valence-electron chi connectivity index (χ1n) is 6.75. The lowest BCUT2D eigenvalue weighted by Gasteiger charge is -2.21. The first-order valence-corrected chi connectivity index (χ1v) is 6.75. The smallest absolute Gasteiger partial charge is 0.219 e. The third kappa shape index (κ3) is 3.53. The molecular formula is C13H22N2O3. The summed E-state index contributed by atoms with van der Waals surface area (Å²) in [6.45, 7) is 6.69. The summed E-state index contributed by atoms with van der Waals surface area (Å²) in [7, 11) is 0. The van der Waals surface area contributed by atoms with E-state index in [4.69, 9.17) is 4.74 Å². The van der Waals surface area contributed by atoms with Crippen LogP contribution in [0.1, 0.15) is 19.8 Å². The zero-order valence-corrected chi connectivity index (χ0v) is 11.1. The fourth-order valence-electron chi connectivity index (χ4n) is 2.58. The van der Waals surface area contributed by atoms with Gasteiger partial charge >= 0.3 is 0 Å². The molecule has 0 aromatic carbocycles. The Morgan fingerprint density at radius 1 is 1.22 bits per heavy atom. The molecular weight excluding hydrogens is 232 g/mol. The van der Waals surface area contributed by atoms with Gasteiger partial charge in [-0.15, -0.1) is 0 Å². The van der Waals surface area contributed by atoms with Crippen molar-refractivity contribution >= 4 is 11.7 Å². The molecule has 0 aromatic rings. The zero-order valence-electron chi connectivity index (χ0n) is 11.1. The molecule has 0 saturated carbocycles. The zero-order chi connectivity index (χ0) is 13.0. The third-order valence-electron chi connectivity index (χ3n) is 3.80. The molecule has 0 aromatic heterocycles. The van der Waals surface area contributed by atoms with Gasteiger partial charge in [-0.2, -0.15) is 0 Å². The summed E-state index contributed by atoms with van der Waals surface area (Å²) >= 11 is 0. The molecule has 1 amide bonds. The maximum atomic E-state index is 12.0. The van der Waals surface area contributed by atoms with Gasteiger partial charge in [-0.05, 0) is 12.8 Å². The highest BCUT2D eigenvalue weighted by atomic mass is 16.5. The molecule has 1 atom stereocenters. The second kappa shape index (κ2) is 6.29. The van der Waals surface area contributed by atoms with Gasteiger partial charge in [0.05, 0.1) is 13.2 Å². The van der Waals surface area contributed by atoms with Crippen LogP contribution in [0.15, 0.2) is 0 Å². The summed E-state index contributed by atoms with van der Waals surface area (Å²) in [6, 6.07) is 0. The molecule has 0 bridgehead atoms. The predicted octanol–water partition coefficient (Wildman–Crippen LogP) is 0.146. The minimum atomic E-state index is 0.0946. The average Bonchev–Trinajstić information content (AvgIpc) is 2.77. The Balaban J connectivity index is 1.79. The van der Waals surface area contributed by atoms with Gasteiger partial charge in [0.25, 0.3) is 0 Å². The Kier molecular flexibility index (Phi) is 4.72. The first-order chi connectivity index (χ1) is 8.66. The van der Waals surface area contributed by atoms with Gasteiger partial charge in [0.2, 0.25) is 5.91 Å².